The molecule has 1 aromatic carbocycles. The summed E-state index contributed by atoms with van der Waals surface area (Å²) in [5.41, 5.74) is 0.662. The van der Waals surface area contributed by atoms with Crippen LogP contribution < -0.4 is 0 Å². The van der Waals surface area contributed by atoms with Crippen LogP contribution in [0.4, 0.5) is 13.2 Å². The highest BCUT2D eigenvalue weighted by Gasteiger charge is 2.33. The molecule has 0 aliphatic carbocycles. The first-order chi connectivity index (χ1) is 7.98. The van der Waals surface area contributed by atoms with Crippen LogP contribution in [0.15, 0.2) is 42.7 Å². The Morgan fingerprint density at radius 1 is 0.941 bits per heavy atom. The first kappa shape index (κ1) is 12.3. The van der Waals surface area contributed by atoms with Crippen LogP contribution in [0.1, 0.15) is 5.56 Å². The Morgan fingerprint density at radius 2 is 1.59 bits per heavy atom. The highest BCUT2D eigenvalue weighted by Crippen LogP contribution is 2.35. The van der Waals surface area contributed by atoms with Gasteiger partial charge in [0.2, 0.25) is 0 Å². The zero-order chi connectivity index (χ0) is 12.5. The molecule has 1 nitrogen and oxygen atoms in total. The molecule has 0 aliphatic rings. The zero-order valence-electron chi connectivity index (χ0n) is 8.50. The Hall–Kier alpha value is -1.11. The first-order valence-electron chi connectivity index (χ1n) is 4.75. The van der Waals surface area contributed by atoms with E-state index in [1.807, 2.05) is 0 Å². The predicted molar refractivity (Wildman–Crippen MR) is 67.4 cm³/mol. The largest absolute Gasteiger partial charge is 0.417 e. The molecule has 0 radical (unpaired) electrons. The van der Waals surface area contributed by atoms with Gasteiger partial charge in [0, 0.05) is 16.0 Å². The quantitative estimate of drug-likeness (QED) is 0.697. The van der Waals surface area contributed by atoms with Crippen molar-refractivity contribution in [3.05, 3.63) is 51.9 Å². The van der Waals surface area contributed by atoms with Gasteiger partial charge in [0.1, 0.15) is 0 Å². The van der Waals surface area contributed by atoms with Crippen molar-refractivity contribution < 1.29 is 13.2 Å². The topological polar surface area (TPSA) is 12.9 Å². The number of nitrogens with zero attached hydrogens (tertiary/aromatic N) is 1. The van der Waals surface area contributed by atoms with Gasteiger partial charge in [-0.15, -0.1) is 0 Å². The molecule has 0 aliphatic heterocycles. The summed E-state index contributed by atoms with van der Waals surface area (Å²) in [6.45, 7) is 0. The second-order valence-electron chi connectivity index (χ2n) is 3.43. The lowest BCUT2D eigenvalue weighted by molar-refractivity contribution is -0.138. The number of alkyl halides is 3. The van der Waals surface area contributed by atoms with Crippen LogP contribution in [-0.4, -0.2) is 4.98 Å². The molecule has 0 atom stereocenters. The third kappa shape index (κ3) is 2.77. The lowest BCUT2D eigenvalue weighted by Crippen LogP contribution is -2.07. The van der Waals surface area contributed by atoms with E-state index >= 15 is 0 Å². The molecule has 1 aromatic heterocycles. The normalized spacial score (nSPS) is 11.5. The second kappa shape index (κ2) is 4.64. The van der Waals surface area contributed by atoms with E-state index in [4.69, 9.17) is 0 Å². The number of pyridine rings is 1. The van der Waals surface area contributed by atoms with Gasteiger partial charge in [0.25, 0.3) is 0 Å². The van der Waals surface area contributed by atoms with Crippen LogP contribution in [0.2, 0.25) is 0 Å². The Balaban J connectivity index is 2.53. The maximum absolute atomic E-state index is 12.7. The van der Waals surface area contributed by atoms with Crippen molar-refractivity contribution in [2.45, 2.75) is 6.18 Å². The van der Waals surface area contributed by atoms with Crippen molar-refractivity contribution in [1.29, 1.82) is 0 Å². The van der Waals surface area contributed by atoms with Gasteiger partial charge in [-0.25, -0.2) is 0 Å². The van der Waals surface area contributed by atoms with Crippen molar-refractivity contribution in [3.8, 4) is 11.1 Å². The van der Waals surface area contributed by atoms with Gasteiger partial charge in [-0.1, -0.05) is 6.07 Å². The van der Waals surface area contributed by atoms with Crippen molar-refractivity contribution in [3.63, 3.8) is 0 Å². The van der Waals surface area contributed by atoms with Crippen LogP contribution in [-0.2, 0) is 6.18 Å². The Bertz CT molecular complexity index is 523. The van der Waals surface area contributed by atoms with Crippen LogP contribution >= 0.6 is 22.6 Å². The molecule has 0 saturated heterocycles. The molecule has 88 valence electrons. The van der Waals surface area contributed by atoms with E-state index in [1.54, 1.807) is 53.2 Å². The fraction of sp³-hybridized carbons (Fsp3) is 0.0833. The van der Waals surface area contributed by atoms with Gasteiger partial charge in [0.15, 0.2) is 0 Å². The maximum atomic E-state index is 12.7. The van der Waals surface area contributed by atoms with Crippen molar-refractivity contribution in [1.82, 2.24) is 4.98 Å². The standard InChI is InChI=1S/C12H7F3IN/c13-12(14,15)10-7-9(1-2-11(10)16)8-3-5-17-6-4-8/h1-7H. The zero-order valence-corrected chi connectivity index (χ0v) is 10.7. The fourth-order valence-corrected chi connectivity index (χ4v) is 2.11. The molecule has 2 aromatic rings. The molecule has 0 saturated carbocycles. The lowest BCUT2D eigenvalue weighted by Gasteiger charge is -2.11. The van der Waals surface area contributed by atoms with E-state index in [1.165, 1.54) is 6.07 Å². The number of hydrogen-bond acceptors (Lipinski definition) is 1. The molecule has 17 heavy (non-hydrogen) atoms. The summed E-state index contributed by atoms with van der Waals surface area (Å²) >= 11 is 1.69. The van der Waals surface area contributed by atoms with Crippen LogP contribution in [0.3, 0.4) is 0 Å². The van der Waals surface area contributed by atoms with Crippen LogP contribution in [0.25, 0.3) is 11.1 Å². The average Bonchev–Trinajstić information content (AvgIpc) is 2.29. The number of halogens is 4. The van der Waals surface area contributed by atoms with Crippen LogP contribution in [0, 0.1) is 3.57 Å². The smallest absolute Gasteiger partial charge is 0.265 e. The summed E-state index contributed by atoms with van der Waals surface area (Å²) in [5, 5.41) is 0. The third-order valence-electron chi connectivity index (χ3n) is 2.29. The summed E-state index contributed by atoms with van der Waals surface area (Å²) in [4.78, 5) is 3.84. The molecule has 0 unspecified atom stereocenters. The van der Waals surface area contributed by atoms with Gasteiger partial charge >= 0.3 is 6.18 Å². The second-order valence-corrected chi connectivity index (χ2v) is 4.59. The number of hydrogen-bond donors (Lipinski definition) is 0. The van der Waals surface area contributed by atoms with E-state index in [-0.39, 0.29) is 3.57 Å². The Kier molecular flexibility index (Phi) is 3.37. The fourth-order valence-electron chi connectivity index (χ4n) is 1.47. The van der Waals surface area contributed by atoms with Crippen molar-refractivity contribution in [2.24, 2.45) is 0 Å². The highest BCUT2D eigenvalue weighted by atomic mass is 127. The van der Waals surface area contributed by atoms with Crippen molar-refractivity contribution >= 4 is 22.6 Å². The highest BCUT2D eigenvalue weighted by molar-refractivity contribution is 14.1. The minimum absolute atomic E-state index is 0.202. The van der Waals surface area contributed by atoms with Gasteiger partial charge in [0.05, 0.1) is 5.56 Å². The van der Waals surface area contributed by atoms with E-state index < -0.39 is 11.7 Å². The molecule has 0 N–H and O–H groups in total. The Labute approximate surface area is 110 Å². The molecule has 5 heteroatoms. The van der Waals surface area contributed by atoms with E-state index in [0.717, 1.165) is 11.6 Å². The van der Waals surface area contributed by atoms with Gasteiger partial charge < -0.3 is 0 Å². The van der Waals surface area contributed by atoms with E-state index in [9.17, 15) is 13.2 Å². The predicted octanol–water partition coefficient (Wildman–Crippen LogP) is 4.37. The third-order valence-corrected chi connectivity index (χ3v) is 3.23. The van der Waals surface area contributed by atoms with Gasteiger partial charge in [-0.3, -0.25) is 4.98 Å². The molecule has 0 bridgehead atoms. The molecular weight excluding hydrogens is 342 g/mol. The van der Waals surface area contributed by atoms with Crippen molar-refractivity contribution in [2.75, 3.05) is 0 Å². The molecule has 0 amide bonds. The lowest BCUT2D eigenvalue weighted by atomic mass is 10.0. The van der Waals surface area contributed by atoms with E-state index in [2.05, 4.69) is 4.98 Å². The Morgan fingerprint density at radius 3 is 2.18 bits per heavy atom. The summed E-state index contributed by atoms with van der Waals surface area (Å²) in [5.74, 6) is 0. The minimum atomic E-state index is -4.32. The molecule has 2 rings (SSSR count). The number of benzene rings is 1. The first-order valence-corrected chi connectivity index (χ1v) is 5.83. The minimum Gasteiger partial charge on any atom is -0.265 e. The number of rotatable bonds is 1. The summed E-state index contributed by atoms with van der Waals surface area (Å²) in [6, 6.07) is 7.67. The monoisotopic (exact) mass is 349 g/mol. The van der Waals surface area contributed by atoms with Gasteiger partial charge in [-0.05, 0) is 58.0 Å². The van der Waals surface area contributed by atoms with E-state index in [0.29, 0.717) is 5.56 Å². The molecule has 1 heterocycles. The molecular formula is C12H7F3IN. The molecule has 0 fully saturated rings. The average molecular weight is 349 g/mol. The SMILES string of the molecule is FC(F)(F)c1cc(-c2ccncc2)ccc1I. The van der Waals surface area contributed by atoms with Gasteiger partial charge in [-0.2, -0.15) is 13.2 Å². The summed E-state index contributed by atoms with van der Waals surface area (Å²) in [6.07, 6.45) is -1.21. The summed E-state index contributed by atoms with van der Waals surface area (Å²) < 4.78 is 38.4. The number of aromatic nitrogens is 1. The maximum Gasteiger partial charge on any atom is 0.417 e. The molecule has 0 spiro atoms. The van der Waals surface area contributed by atoms with Crippen LogP contribution in [0.5, 0.6) is 0 Å². The summed E-state index contributed by atoms with van der Waals surface area (Å²) in [7, 11) is 0.